The minimum Gasteiger partial charge on any atom is -0.491 e. The Labute approximate surface area is 106 Å². The third kappa shape index (κ3) is 7.23. The van der Waals surface area contributed by atoms with Crippen LogP contribution in [0.3, 0.4) is 0 Å². The average Bonchev–Trinajstić information content (AvgIpc) is 2.32. The van der Waals surface area contributed by atoms with Crippen LogP contribution in [0, 0.1) is 0 Å². The first-order chi connectivity index (χ1) is 8.47. The maximum absolute atomic E-state index is 10.2. The number of para-hydroxylation sites is 1. The van der Waals surface area contributed by atoms with Crippen LogP contribution in [0.5, 0.6) is 5.75 Å². The Balaban J connectivity index is 2.13. The van der Waals surface area contributed by atoms with E-state index in [0.717, 1.165) is 5.75 Å². The summed E-state index contributed by atoms with van der Waals surface area (Å²) in [4.78, 5) is 0. The summed E-state index contributed by atoms with van der Waals surface area (Å²) < 4.78 is 43.6. The van der Waals surface area contributed by atoms with Gasteiger partial charge in [0, 0.05) is 0 Å². The van der Waals surface area contributed by atoms with Crippen LogP contribution in [0.25, 0.3) is 0 Å². The van der Waals surface area contributed by atoms with Crippen LogP contribution in [0.15, 0.2) is 30.3 Å². The van der Waals surface area contributed by atoms with E-state index in [1.54, 1.807) is 6.92 Å². The Morgan fingerprint density at radius 3 is 2.50 bits per heavy atom. The van der Waals surface area contributed by atoms with Gasteiger partial charge in [0.1, 0.15) is 12.4 Å². The molecule has 0 radical (unpaired) electrons. The van der Waals surface area contributed by atoms with E-state index in [9.17, 15) is 8.42 Å². The fraction of sp³-hybridized carbons (Fsp3) is 0.455. The van der Waals surface area contributed by atoms with Crippen LogP contribution in [-0.2, 0) is 19.3 Å². The quantitative estimate of drug-likeness (QED) is 0.569. The second kappa shape index (κ2) is 7.32. The van der Waals surface area contributed by atoms with Gasteiger partial charge in [0.05, 0.1) is 19.3 Å². The van der Waals surface area contributed by atoms with Gasteiger partial charge < -0.3 is 9.47 Å². The summed E-state index contributed by atoms with van der Waals surface area (Å²) in [7, 11) is -4.39. The van der Waals surface area contributed by atoms with Crippen molar-refractivity contribution in [3.05, 3.63) is 30.3 Å². The molecular weight excluding hydrogens is 260 g/mol. The van der Waals surface area contributed by atoms with Crippen molar-refractivity contribution in [2.75, 3.05) is 19.8 Å². The number of rotatable bonds is 8. The lowest BCUT2D eigenvalue weighted by Gasteiger charge is -2.13. The van der Waals surface area contributed by atoms with Crippen molar-refractivity contribution in [2.24, 2.45) is 0 Å². The molecule has 0 spiro atoms. The van der Waals surface area contributed by atoms with E-state index in [1.807, 2.05) is 30.3 Å². The standard InChI is InChI=1S/C11H16O6S/c1-10(15-7-8-17-18(12,13)14)9-16-11-5-3-2-4-6-11/h2-6,10H,7-9H2,1H3,(H,12,13,14). The predicted molar refractivity (Wildman–Crippen MR) is 64.9 cm³/mol. The van der Waals surface area contributed by atoms with E-state index in [2.05, 4.69) is 4.18 Å². The minimum atomic E-state index is -4.39. The van der Waals surface area contributed by atoms with Crippen molar-refractivity contribution < 1.29 is 26.6 Å². The second-order valence-corrected chi connectivity index (χ2v) is 4.65. The molecule has 1 aromatic carbocycles. The van der Waals surface area contributed by atoms with E-state index >= 15 is 0 Å². The summed E-state index contributed by atoms with van der Waals surface area (Å²) in [6, 6.07) is 9.27. The van der Waals surface area contributed by atoms with Gasteiger partial charge in [-0.25, -0.2) is 4.18 Å². The summed E-state index contributed by atoms with van der Waals surface area (Å²) >= 11 is 0. The smallest absolute Gasteiger partial charge is 0.397 e. The SMILES string of the molecule is CC(COc1ccccc1)OCCOS(=O)(=O)O. The summed E-state index contributed by atoms with van der Waals surface area (Å²) in [5.41, 5.74) is 0. The Morgan fingerprint density at radius 2 is 1.89 bits per heavy atom. The lowest BCUT2D eigenvalue weighted by molar-refractivity contribution is 0.0166. The molecule has 1 atom stereocenters. The fourth-order valence-corrected chi connectivity index (χ4v) is 1.45. The number of benzene rings is 1. The summed E-state index contributed by atoms with van der Waals surface area (Å²) in [6.07, 6.45) is -0.213. The predicted octanol–water partition coefficient (Wildman–Crippen LogP) is 1.29. The van der Waals surface area contributed by atoms with Gasteiger partial charge >= 0.3 is 10.4 Å². The molecule has 0 aromatic heterocycles. The Hall–Kier alpha value is -1.15. The molecule has 0 aliphatic rings. The molecule has 0 heterocycles. The van der Waals surface area contributed by atoms with E-state index < -0.39 is 10.4 Å². The molecule has 0 fully saturated rings. The Kier molecular flexibility index (Phi) is 6.06. The van der Waals surface area contributed by atoms with Gasteiger partial charge in [0.15, 0.2) is 0 Å². The zero-order valence-electron chi connectivity index (χ0n) is 9.98. The van der Waals surface area contributed by atoms with Crippen LogP contribution in [0.4, 0.5) is 0 Å². The monoisotopic (exact) mass is 276 g/mol. The maximum atomic E-state index is 10.2. The van der Waals surface area contributed by atoms with Gasteiger partial charge in [0.2, 0.25) is 0 Å². The van der Waals surface area contributed by atoms with Crippen LogP contribution >= 0.6 is 0 Å². The molecule has 0 aliphatic heterocycles. The highest BCUT2D eigenvalue weighted by Gasteiger charge is 2.06. The molecule has 0 bridgehead atoms. The topological polar surface area (TPSA) is 82.1 Å². The third-order valence-electron chi connectivity index (χ3n) is 1.95. The molecule has 1 unspecified atom stereocenters. The van der Waals surface area contributed by atoms with Crippen LogP contribution < -0.4 is 4.74 Å². The lowest BCUT2D eigenvalue weighted by Crippen LogP contribution is -2.21. The molecule has 0 aliphatic carbocycles. The fourth-order valence-electron chi connectivity index (χ4n) is 1.17. The van der Waals surface area contributed by atoms with Crippen LogP contribution in [-0.4, -0.2) is 38.9 Å². The second-order valence-electron chi connectivity index (χ2n) is 3.56. The van der Waals surface area contributed by atoms with Crippen molar-refractivity contribution in [1.82, 2.24) is 0 Å². The Bertz CT molecular complexity index is 430. The van der Waals surface area contributed by atoms with Crippen molar-refractivity contribution in [1.29, 1.82) is 0 Å². The molecule has 7 heteroatoms. The lowest BCUT2D eigenvalue weighted by atomic mass is 10.3. The van der Waals surface area contributed by atoms with Gasteiger partial charge in [-0.05, 0) is 19.1 Å². The van der Waals surface area contributed by atoms with E-state index in [-0.39, 0.29) is 19.3 Å². The minimum absolute atomic E-state index is 0.0547. The van der Waals surface area contributed by atoms with Crippen molar-refractivity contribution >= 4 is 10.4 Å². The largest absolute Gasteiger partial charge is 0.491 e. The van der Waals surface area contributed by atoms with Gasteiger partial charge in [-0.1, -0.05) is 18.2 Å². The molecule has 18 heavy (non-hydrogen) atoms. The summed E-state index contributed by atoms with van der Waals surface area (Å²) in [5, 5.41) is 0. The van der Waals surface area contributed by atoms with Crippen LogP contribution in [0.2, 0.25) is 0 Å². The van der Waals surface area contributed by atoms with Gasteiger partial charge in [-0.3, -0.25) is 4.55 Å². The van der Waals surface area contributed by atoms with Crippen molar-refractivity contribution in [2.45, 2.75) is 13.0 Å². The van der Waals surface area contributed by atoms with Crippen LogP contribution in [0.1, 0.15) is 6.92 Å². The van der Waals surface area contributed by atoms with E-state index in [0.29, 0.717) is 6.61 Å². The first-order valence-electron chi connectivity index (χ1n) is 5.38. The molecule has 1 rings (SSSR count). The highest BCUT2D eigenvalue weighted by Crippen LogP contribution is 2.09. The number of hydrogen-bond acceptors (Lipinski definition) is 5. The summed E-state index contributed by atoms with van der Waals surface area (Å²) in [5.74, 6) is 0.738. The molecule has 0 saturated carbocycles. The molecule has 1 N–H and O–H groups in total. The molecule has 102 valence electrons. The van der Waals surface area contributed by atoms with E-state index in [4.69, 9.17) is 14.0 Å². The molecule has 0 saturated heterocycles. The average molecular weight is 276 g/mol. The maximum Gasteiger partial charge on any atom is 0.397 e. The number of hydrogen-bond donors (Lipinski definition) is 1. The third-order valence-corrected chi connectivity index (χ3v) is 2.41. The van der Waals surface area contributed by atoms with E-state index in [1.165, 1.54) is 0 Å². The first-order valence-corrected chi connectivity index (χ1v) is 6.75. The first kappa shape index (κ1) is 14.9. The highest BCUT2D eigenvalue weighted by atomic mass is 32.3. The highest BCUT2D eigenvalue weighted by molar-refractivity contribution is 7.80. The summed E-state index contributed by atoms with van der Waals surface area (Å²) in [6.45, 7) is 1.96. The Morgan fingerprint density at radius 1 is 1.22 bits per heavy atom. The normalized spacial score (nSPS) is 13.2. The number of ether oxygens (including phenoxy) is 2. The zero-order chi connectivity index (χ0) is 13.4. The van der Waals surface area contributed by atoms with Gasteiger partial charge in [-0.2, -0.15) is 8.42 Å². The van der Waals surface area contributed by atoms with Crippen molar-refractivity contribution in [3.63, 3.8) is 0 Å². The van der Waals surface area contributed by atoms with Crippen molar-refractivity contribution in [3.8, 4) is 5.75 Å². The molecule has 1 aromatic rings. The van der Waals surface area contributed by atoms with Gasteiger partial charge in [-0.15, -0.1) is 0 Å². The molecule has 6 nitrogen and oxygen atoms in total. The zero-order valence-corrected chi connectivity index (χ0v) is 10.8. The molecular formula is C11H16O6S. The molecule has 0 amide bonds. The van der Waals surface area contributed by atoms with Gasteiger partial charge in [0.25, 0.3) is 0 Å².